The predicted molar refractivity (Wildman–Crippen MR) is 165 cm³/mol. The van der Waals surface area contributed by atoms with Gasteiger partial charge in [-0.3, -0.25) is 19.2 Å². The van der Waals surface area contributed by atoms with Crippen molar-refractivity contribution in [2.45, 2.75) is 71.2 Å². The number of aromatic nitrogens is 1. The maximum atomic E-state index is 12.2. The van der Waals surface area contributed by atoms with E-state index in [2.05, 4.69) is 11.1 Å². The Balaban J connectivity index is 1.67. The molecular weight excluding hydrogens is 610 g/mol. The molecule has 1 aromatic heterocycles. The van der Waals surface area contributed by atoms with Gasteiger partial charge < -0.3 is 34.2 Å². The highest BCUT2D eigenvalue weighted by molar-refractivity contribution is 5.76. The highest BCUT2D eigenvalue weighted by Gasteiger charge is 2.52. The number of nitriles is 1. The van der Waals surface area contributed by atoms with Crippen LogP contribution in [0, 0.1) is 11.3 Å². The first-order valence-electron chi connectivity index (χ1n) is 14.7. The molecule has 0 bridgehead atoms. The fourth-order valence-electron chi connectivity index (χ4n) is 5.23. The third kappa shape index (κ3) is 9.27. The third-order valence-electron chi connectivity index (χ3n) is 7.12. The van der Waals surface area contributed by atoms with Crippen molar-refractivity contribution in [1.29, 1.82) is 5.26 Å². The Morgan fingerprint density at radius 2 is 1.43 bits per heavy atom. The first-order valence-corrected chi connectivity index (χ1v) is 14.7. The standard InChI is InChI=1S/C34H35N3O10/c1-19(38)42-18-30-32(45-21(3)40)33(46-22(4)41)31(44-20(2)39)29(47-30)15-25-14-27(28(16-35)34(36)37-25)24-10-12-26(13-11-24)43-17-23-8-6-5-7-9-23/h5-14,29-33H,15,17-18H2,1-4H3,(H2,36,37)/t29-,30+,31-,32+,33+/m0/s1. The molecule has 13 heteroatoms. The van der Waals surface area contributed by atoms with E-state index < -0.39 is 54.4 Å². The smallest absolute Gasteiger partial charge is 0.303 e. The molecule has 0 amide bonds. The summed E-state index contributed by atoms with van der Waals surface area (Å²) in [5.41, 5.74) is 8.89. The van der Waals surface area contributed by atoms with Crippen LogP contribution < -0.4 is 10.5 Å². The molecule has 0 unspecified atom stereocenters. The highest BCUT2D eigenvalue weighted by atomic mass is 16.7. The lowest BCUT2D eigenvalue weighted by atomic mass is 9.91. The van der Waals surface area contributed by atoms with E-state index >= 15 is 0 Å². The largest absolute Gasteiger partial charge is 0.489 e. The molecule has 1 saturated heterocycles. The van der Waals surface area contributed by atoms with Crippen molar-refractivity contribution < 1.29 is 47.6 Å². The van der Waals surface area contributed by atoms with Crippen LogP contribution in [-0.2, 0) is 55.9 Å². The van der Waals surface area contributed by atoms with Gasteiger partial charge in [-0.2, -0.15) is 5.26 Å². The predicted octanol–water partition coefficient (Wildman–Crippen LogP) is 3.45. The van der Waals surface area contributed by atoms with Gasteiger partial charge in [-0.1, -0.05) is 42.5 Å². The summed E-state index contributed by atoms with van der Waals surface area (Å²) < 4.78 is 33.8. The number of nitrogens with zero attached hydrogens (tertiary/aromatic N) is 2. The van der Waals surface area contributed by atoms with E-state index in [9.17, 15) is 24.4 Å². The number of esters is 4. The summed E-state index contributed by atoms with van der Waals surface area (Å²) in [4.78, 5) is 52.5. The fraction of sp³-hybridized carbons (Fsp3) is 0.353. The summed E-state index contributed by atoms with van der Waals surface area (Å²) in [6.45, 7) is 4.67. The van der Waals surface area contributed by atoms with Crippen LogP contribution in [0.1, 0.15) is 44.5 Å². The van der Waals surface area contributed by atoms with E-state index in [0.29, 0.717) is 29.2 Å². The summed E-state index contributed by atoms with van der Waals surface area (Å²) in [6, 6.07) is 20.6. The van der Waals surface area contributed by atoms with Crippen molar-refractivity contribution in [3.05, 3.63) is 77.5 Å². The summed E-state index contributed by atoms with van der Waals surface area (Å²) in [7, 11) is 0. The van der Waals surface area contributed by atoms with Gasteiger partial charge in [0, 0.05) is 45.4 Å². The molecule has 47 heavy (non-hydrogen) atoms. The van der Waals surface area contributed by atoms with Crippen LogP contribution >= 0.6 is 0 Å². The van der Waals surface area contributed by atoms with E-state index in [1.54, 1.807) is 30.3 Å². The van der Waals surface area contributed by atoms with Gasteiger partial charge in [-0.05, 0) is 29.3 Å². The molecule has 0 spiro atoms. The maximum absolute atomic E-state index is 12.2. The van der Waals surface area contributed by atoms with Gasteiger partial charge >= 0.3 is 23.9 Å². The number of carbonyl (C=O) groups is 4. The second-order valence-electron chi connectivity index (χ2n) is 10.8. The van der Waals surface area contributed by atoms with Gasteiger partial charge in [-0.25, -0.2) is 4.98 Å². The monoisotopic (exact) mass is 645 g/mol. The van der Waals surface area contributed by atoms with Crippen LogP contribution in [0.4, 0.5) is 5.82 Å². The first-order chi connectivity index (χ1) is 22.4. The van der Waals surface area contributed by atoms with Crippen LogP contribution in [0.2, 0.25) is 0 Å². The Morgan fingerprint density at radius 1 is 0.830 bits per heavy atom. The van der Waals surface area contributed by atoms with Crippen LogP contribution in [0.3, 0.4) is 0 Å². The molecule has 2 aromatic carbocycles. The van der Waals surface area contributed by atoms with Crippen LogP contribution in [0.5, 0.6) is 5.75 Å². The number of ether oxygens (including phenoxy) is 6. The van der Waals surface area contributed by atoms with Gasteiger partial charge in [0.15, 0.2) is 18.3 Å². The summed E-state index contributed by atoms with van der Waals surface area (Å²) in [6.07, 6.45) is -6.08. The number of pyridine rings is 1. The molecular formula is C34H35N3O10. The van der Waals surface area contributed by atoms with Crippen molar-refractivity contribution in [3.63, 3.8) is 0 Å². The number of rotatable bonds is 11. The molecule has 0 saturated carbocycles. The molecule has 5 atom stereocenters. The molecule has 2 heterocycles. The number of nitrogen functional groups attached to an aromatic ring is 1. The van der Waals surface area contributed by atoms with Crippen molar-refractivity contribution in [2.75, 3.05) is 12.3 Å². The van der Waals surface area contributed by atoms with Gasteiger partial charge in [0.1, 0.15) is 48.6 Å². The number of hydrogen-bond acceptors (Lipinski definition) is 13. The Morgan fingerprint density at radius 3 is 2.00 bits per heavy atom. The van der Waals surface area contributed by atoms with Crippen molar-refractivity contribution in [2.24, 2.45) is 0 Å². The van der Waals surface area contributed by atoms with Gasteiger partial charge in [-0.15, -0.1) is 0 Å². The molecule has 1 aliphatic rings. The van der Waals surface area contributed by atoms with Gasteiger partial charge in [0.25, 0.3) is 0 Å². The zero-order chi connectivity index (χ0) is 34.1. The lowest BCUT2D eigenvalue weighted by Gasteiger charge is -2.44. The number of carbonyl (C=O) groups excluding carboxylic acids is 4. The van der Waals surface area contributed by atoms with Crippen molar-refractivity contribution >= 4 is 29.7 Å². The van der Waals surface area contributed by atoms with Crippen LogP contribution in [-0.4, -0.2) is 66.0 Å². The number of nitrogens with two attached hydrogens (primary N) is 1. The minimum atomic E-state index is -1.32. The van der Waals surface area contributed by atoms with Crippen molar-refractivity contribution in [3.8, 4) is 22.9 Å². The molecule has 246 valence electrons. The lowest BCUT2D eigenvalue weighted by molar-refractivity contribution is -0.252. The number of benzene rings is 2. The summed E-state index contributed by atoms with van der Waals surface area (Å²) in [5, 5.41) is 9.93. The molecule has 3 aromatic rings. The Bertz CT molecular complexity index is 1640. The lowest BCUT2D eigenvalue weighted by Crippen LogP contribution is -2.62. The summed E-state index contributed by atoms with van der Waals surface area (Å²) >= 11 is 0. The number of hydrogen-bond donors (Lipinski definition) is 1. The first kappa shape index (κ1) is 34.4. The van der Waals surface area contributed by atoms with Crippen molar-refractivity contribution in [1.82, 2.24) is 4.98 Å². The van der Waals surface area contributed by atoms with E-state index in [1.165, 1.54) is 6.92 Å². The Labute approximate surface area is 271 Å². The molecule has 13 nitrogen and oxygen atoms in total. The zero-order valence-electron chi connectivity index (χ0n) is 26.3. The van der Waals surface area contributed by atoms with Gasteiger partial charge in [0.2, 0.25) is 0 Å². The minimum absolute atomic E-state index is 0.0463. The van der Waals surface area contributed by atoms with E-state index in [-0.39, 0.29) is 24.4 Å². The maximum Gasteiger partial charge on any atom is 0.303 e. The average Bonchev–Trinajstić information content (AvgIpc) is 3.02. The molecule has 2 N–H and O–H groups in total. The summed E-state index contributed by atoms with van der Waals surface area (Å²) in [5.74, 6) is -2.24. The zero-order valence-corrected chi connectivity index (χ0v) is 26.3. The Hall–Kier alpha value is -5.48. The molecule has 1 fully saturated rings. The molecule has 1 aliphatic heterocycles. The minimum Gasteiger partial charge on any atom is -0.489 e. The van der Waals surface area contributed by atoms with E-state index in [4.69, 9.17) is 34.2 Å². The Kier molecular flexibility index (Phi) is 11.5. The molecule has 0 aliphatic carbocycles. The highest BCUT2D eigenvalue weighted by Crippen LogP contribution is 2.33. The fourth-order valence-corrected chi connectivity index (χ4v) is 5.23. The average molecular weight is 646 g/mol. The second-order valence-corrected chi connectivity index (χ2v) is 10.8. The SMILES string of the molecule is CC(=O)OC[C@H]1O[C@@H](Cc2cc(-c3ccc(OCc4ccccc4)cc3)c(C#N)c(N)n2)[C@H](OC(C)=O)[C@@H](OC(C)=O)[C@@H]1OC(C)=O. The second kappa shape index (κ2) is 15.7. The quantitative estimate of drug-likeness (QED) is 0.236. The van der Waals surface area contributed by atoms with Crippen LogP contribution in [0.15, 0.2) is 60.7 Å². The topological polar surface area (TPSA) is 186 Å². The van der Waals surface area contributed by atoms with Gasteiger partial charge in [0.05, 0.1) is 0 Å². The van der Waals surface area contributed by atoms with Crippen LogP contribution in [0.25, 0.3) is 11.1 Å². The van der Waals surface area contributed by atoms with E-state index in [1.807, 2.05) is 30.3 Å². The normalized spacial score (nSPS) is 20.3. The molecule has 4 rings (SSSR count). The number of anilines is 1. The third-order valence-corrected chi connectivity index (χ3v) is 7.12. The van der Waals surface area contributed by atoms with E-state index in [0.717, 1.165) is 26.3 Å². The molecule has 0 radical (unpaired) electrons.